The van der Waals surface area contributed by atoms with Crippen LogP contribution in [-0.4, -0.2) is 23.8 Å². The van der Waals surface area contributed by atoms with Gasteiger partial charge < -0.3 is 15.7 Å². The Morgan fingerprint density at radius 2 is 1.74 bits per heavy atom. The van der Waals surface area contributed by atoms with Gasteiger partial charge in [-0.05, 0) is 41.4 Å². The van der Waals surface area contributed by atoms with Crippen molar-refractivity contribution in [2.45, 2.75) is 65.9 Å². The summed E-state index contributed by atoms with van der Waals surface area (Å²) in [4.78, 5) is 12.1. The lowest BCUT2D eigenvalue weighted by molar-refractivity contribution is 0.148. The summed E-state index contributed by atoms with van der Waals surface area (Å²) in [5.74, 6) is 1.20. The van der Waals surface area contributed by atoms with Gasteiger partial charge >= 0.3 is 6.03 Å². The maximum absolute atomic E-state index is 12.1. The lowest BCUT2D eigenvalue weighted by Gasteiger charge is -2.18. The molecule has 0 aromatic heterocycles. The van der Waals surface area contributed by atoms with Gasteiger partial charge in [0, 0.05) is 12.2 Å². The highest BCUT2D eigenvalue weighted by atomic mass is 16.3. The van der Waals surface area contributed by atoms with Crippen LogP contribution in [0.5, 0.6) is 0 Å². The Labute approximate surface area is 140 Å². The molecule has 130 valence electrons. The molecule has 1 atom stereocenters. The van der Waals surface area contributed by atoms with Crippen molar-refractivity contribution < 1.29 is 9.90 Å². The van der Waals surface area contributed by atoms with Crippen LogP contribution >= 0.6 is 0 Å². The van der Waals surface area contributed by atoms with E-state index in [1.54, 1.807) is 0 Å². The third-order valence-electron chi connectivity index (χ3n) is 3.85. The van der Waals surface area contributed by atoms with Crippen molar-refractivity contribution >= 4 is 11.7 Å². The molecular weight excluding hydrogens is 288 g/mol. The van der Waals surface area contributed by atoms with Gasteiger partial charge in [0.05, 0.1) is 6.10 Å². The Bertz CT molecular complexity index is 510. The van der Waals surface area contributed by atoms with Gasteiger partial charge in [0.2, 0.25) is 0 Å². The lowest BCUT2D eigenvalue weighted by atomic mass is 9.94. The molecule has 0 fully saturated rings. The molecule has 0 heterocycles. The van der Waals surface area contributed by atoms with Crippen LogP contribution in [0, 0.1) is 5.92 Å². The van der Waals surface area contributed by atoms with Crippen molar-refractivity contribution in [3.8, 4) is 0 Å². The number of carbonyl (C=O) groups excluding carboxylic acids is 1. The van der Waals surface area contributed by atoms with Gasteiger partial charge in [0.1, 0.15) is 0 Å². The molecule has 1 aromatic carbocycles. The van der Waals surface area contributed by atoms with Gasteiger partial charge in [-0.1, -0.05) is 53.7 Å². The Kier molecular flexibility index (Phi) is 7.56. The van der Waals surface area contributed by atoms with Crippen LogP contribution in [0.4, 0.5) is 10.5 Å². The SMILES string of the molecule is CC(C)CC(O)CNC(=O)Nc1ccc(C(C)C)cc1C(C)C. The minimum atomic E-state index is -0.506. The molecule has 0 radical (unpaired) electrons. The Morgan fingerprint density at radius 3 is 2.26 bits per heavy atom. The van der Waals surface area contributed by atoms with Crippen LogP contribution in [0.2, 0.25) is 0 Å². The van der Waals surface area contributed by atoms with E-state index < -0.39 is 6.10 Å². The molecule has 0 aliphatic heterocycles. The highest BCUT2D eigenvalue weighted by molar-refractivity contribution is 5.90. The molecule has 0 spiro atoms. The molecule has 0 aliphatic rings. The summed E-state index contributed by atoms with van der Waals surface area (Å²) < 4.78 is 0. The zero-order valence-electron chi connectivity index (χ0n) is 15.3. The average Bonchev–Trinajstić information content (AvgIpc) is 2.44. The quantitative estimate of drug-likeness (QED) is 0.694. The number of nitrogens with one attached hydrogen (secondary N) is 2. The number of carbonyl (C=O) groups is 1. The van der Waals surface area contributed by atoms with E-state index in [-0.39, 0.29) is 12.6 Å². The van der Waals surface area contributed by atoms with Crippen LogP contribution in [0.3, 0.4) is 0 Å². The second-order valence-electron chi connectivity index (χ2n) is 7.27. The maximum Gasteiger partial charge on any atom is 0.319 e. The molecule has 2 amide bonds. The zero-order valence-corrected chi connectivity index (χ0v) is 15.3. The van der Waals surface area contributed by atoms with Crippen LogP contribution in [-0.2, 0) is 0 Å². The number of hydrogen-bond donors (Lipinski definition) is 3. The molecule has 3 N–H and O–H groups in total. The van der Waals surface area contributed by atoms with Gasteiger partial charge in [-0.3, -0.25) is 0 Å². The van der Waals surface area contributed by atoms with Crippen molar-refractivity contribution in [1.82, 2.24) is 5.32 Å². The Hall–Kier alpha value is -1.55. The van der Waals surface area contributed by atoms with Crippen molar-refractivity contribution in [3.63, 3.8) is 0 Å². The molecular formula is C19H32N2O2. The zero-order chi connectivity index (χ0) is 17.6. The van der Waals surface area contributed by atoms with E-state index in [0.717, 1.165) is 11.3 Å². The van der Waals surface area contributed by atoms with Crippen molar-refractivity contribution in [2.75, 3.05) is 11.9 Å². The molecule has 1 unspecified atom stereocenters. The molecule has 1 aromatic rings. The van der Waals surface area contributed by atoms with E-state index >= 15 is 0 Å². The number of aliphatic hydroxyl groups is 1. The third kappa shape index (κ3) is 6.61. The molecule has 4 heteroatoms. The molecule has 4 nitrogen and oxygen atoms in total. The van der Waals surface area contributed by atoms with E-state index in [2.05, 4.69) is 64.3 Å². The minimum Gasteiger partial charge on any atom is -0.391 e. The van der Waals surface area contributed by atoms with Crippen LogP contribution < -0.4 is 10.6 Å². The summed E-state index contributed by atoms with van der Waals surface area (Å²) in [7, 11) is 0. The fourth-order valence-electron chi connectivity index (χ4n) is 2.54. The van der Waals surface area contributed by atoms with Crippen molar-refractivity contribution in [3.05, 3.63) is 29.3 Å². The van der Waals surface area contributed by atoms with Crippen molar-refractivity contribution in [1.29, 1.82) is 0 Å². The summed E-state index contributed by atoms with van der Waals surface area (Å²) in [6.45, 7) is 12.9. The van der Waals surface area contributed by atoms with Gasteiger partial charge in [-0.15, -0.1) is 0 Å². The number of anilines is 1. The van der Waals surface area contributed by atoms with E-state index in [9.17, 15) is 9.90 Å². The molecule has 0 saturated carbocycles. The highest BCUT2D eigenvalue weighted by Crippen LogP contribution is 2.28. The molecule has 1 rings (SSSR count). The van der Waals surface area contributed by atoms with Gasteiger partial charge in [0.15, 0.2) is 0 Å². The Balaban J connectivity index is 2.70. The van der Waals surface area contributed by atoms with Gasteiger partial charge in [-0.2, -0.15) is 0 Å². The second kappa shape index (κ2) is 8.92. The topological polar surface area (TPSA) is 61.4 Å². The largest absolute Gasteiger partial charge is 0.391 e. The summed E-state index contributed by atoms with van der Waals surface area (Å²) in [6.07, 6.45) is 0.175. The monoisotopic (exact) mass is 320 g/mol. The third-order valence-corrected chi connectivity index (χ3v) is 3.85. The average molecular weight is 320 g/mol. The summed E-state index contributed by atoms with van der Waals surface area (Å²) >= 11 is 0. The second-order valence-corrected chi connectivity index (χ2v) is 7.27. The summed E-state index contributed by atoms with van der Waals surface area (Å²) in [5.41, 5.74) is 3.24. The first-order chi connectivity index (χ1) is 10.7. The van der Waals surface area contributed by atoms with Crippen LogP contribution in [0.25, 0.3) is 0 Å². The number of benzene rings is 1. The van der Waals surface area contributed by atoms with E-state index in [1.165, 1.54) is 5.56 Å². The summed E-state index contributed by atoms with van der Waals surface area (Å²) in [5, 5.41) is 15.5. The number of rotatable bonds is 7. The van der Waals surface area contributed by atoms with Crippen LogP contribution in [0.15, 0.2) is 18.2 Å². The fraction of sp³-hybridized carbons (Fsp3) is 0.632. The first-order valence-corrected chi connectivity index (χ1v) is 8.57. The maximum atomic E-state index is 12.1. The van der Waals surface area contributed by atoms with Gasteiger partial charge in [0.25, 0.3) is 0 Å². The smallest absolute Gasteiger partial charge is 0.319 e. The number of hydrogen-bond acceptors (Lipinski definition) is 2. The Morgan fingerprint density at radius 1 is 1.09 bits per heavy atom. The number of amides is 2. The predicted molar refractivity (Wildman–Crippen MR) is 97.1 cm³/mol. The molecule has 0 bridgehead atoms. The highest BCUT2D eigenvalue weighted by Gasteiger charge is 2.13. The molecule has 23 heavy (non-hydrogen) atoms. The standard InChI is InChI=1S/C19H32N2O2/c1-12(2)9-16(22)11-20-19(23)21-18-8-7-15(13(3)4)10-17(18)14(5)6/h7-8,10,12-14,16,22H,9,11H2,1-6H3,(H2,20,21,23). The van der Waals surface area contributed by atoms with Gasteiger partial charge in [-0.25, -0.2) is 4.79 Å². The molecule has 0 aliphatic carbocycles. The summed E-state index contributed by atoms with van der Waals surface area (Å²) in [6, 6.07) is 5.92. The number of aliphatic hydroxyl groups excluding tert-OH is 1. The normalized spacial score (nSPS) is 12.8. The van der Waals surface area contributed by atoms with E-state index in [0.29, 0.717) is 24.2 Å². The first-order valence-electron chi connectivity index (χ1n) is 8.57. The van der Waals surface area contributed by atoms with Crippen molar-refractivity contribution in [2.24, 2.45) is 5.92 Å². The predicted octanol–water partition coefficient (Wildman–Crippen LogP) is 4.46. The molecule has 0 saturated heterocycles. The number of urea groups is 1. The minimum absolute atomic E-state index is 0.269. The van der Waals surface area contributed by atoms with E-state index in [1.807, 2.05) is 6.07 Å². The first kappa shape index (κ1) is 19.5. The lowest BCUT2D eigenvalue weighted by Crippen LogP contribution is -2.36. The fourth-order valence-corrected chi connectivity index (χ4v) is 2.54. The van der Waals surface area contributed by atoms with Crippen LogP contribution in [0.1, 0.15) is 70.9 Å². The van der Waals surface area contributed by atoms with E-state index in [4.69, 9.17) is 0 Å².